The van der Waals surface area contributed by atoms with E-state index in [0.717, 1.165) is 24.1 Å². The van der Waals surface area contributed by atoms with Crippen LogP contribution in [0, 0.1) is 6.92 Å². The molecule has 0 radical (unpaired) electrons. The summed E-state index contributed by atoms with van der Waals surface area (Å²) < 4.78 is 0. The van der Waals surface area contributed by atoms with Gasteiger partial charge in [-0.25, -0.2) is 0 Å². The molecular weight excluding hydrogens is 242 g/mol. The van der Waals surface area contributed by atoms with Crippen LogP contribution < -0.4 is 16.0 Å². The van der Waals surface area contributed by atoms with Gasteiger partial charge < -0.3 is 16.0 Å². The molecule has 0 heterocycles. The van der Waals surface area contributed by atoms with Crippen molar-refractivity contribution in [2.75, 3.05) is 18.9 Å². The van der Waals surface area contributed by atoms with E-state index in [2.05, 4.69) is 16.0 Å². The van der Waals surface area contributed by atoms with Gasteiger partial charge in [0.1, 0.15) is 0 Å². The van der Waals surface area contributed by atoms with E-state index in [1.165, 1.54) is 0 Å². The molecule has 1 aliphatic carbocycles. The molecule has 1 aromatic rings. The third-order valence-corrected chi connectivity index (χ3v) is 3.12. The number of hydrogen-bond donors (Lipinski definition) is 3. The lowest BCUT2D eigenvalue weighted by molar-refractivity contribution is -0.115. The molecule has 1 aromatic carbocycles. The van der Waals surface area contributed by atoms with Gasteiger partial charge in [-0.15, -0.1) is 0 Å². The highest BCUT2D eigenvalue weighted by atomic mass is 16.2. The summed E-state index contributed by atoms with van der Waals surface area (Å²) in [7, 11) is 1.59. The van der Waals surface area contributed by atoms with Crippen molar-refractivity contribution in [2.24, 2.45) is 0 Å². The number of anilines is 1. The van der Waals surface area contributed by atoms with Gasteiger partial charge in [0.05, 0.1) is 6.54 Å². The van der Waals surface area contributed by atoms with E-state index in [0.29, 0.717) is 18.2 Å². The Morgan fingerprint density at radius 3 is 2.63 bits per heavy atom. The number of aryl methyl sites for hydroxylation is 1. The number of rotatable bonds is 5. The van der Waals surface area contributed by atoms with E-state index >= 15 is 0 Å². The van der Waals surface area contributed by atoms with E-state index in [-0.39, 0.29) is 11.8 Å². The Labute approximate surface area is 112 Å². The lowest BCUT2D eigenvalue weighted by Crippen LogP contribution is -2.29. The fourth-order valence-corrected chi connectivity index (χ4v) is 1.81. The molecule has 102 valence electrons. The zero-order valence-corrected chi connectivity index (χ0v) is 11.2. The number of amides is 2. The smallest absolute Gasteiger partial charge is 0.251 e. The number of nitrogens with one attached hydrogen (secondary N) is 3. The van der Waals surface area contributed by atoms with Crippen LogP contribution in [0.4, 0.5) is 5.69 Å². The Balaban J connectivity index is 1.95. The number of benzene rings is 1. The van der Waals surface area contributed by atoms with Gasteiger partial charge >= 0.3 is 0 Å². The van der Waals surface area contributed by atoms with Gasteiger partial charge in [0.15, 0.2) is 0 Å². The first-order valence-electron chi connectivity index (χ1n) is 6.46. The summed E-state index contributed by atoms with van der Waals surface area (Å²) in [6.07, 6.45) is 2.32. The zero-order valence-electron chi connectivity index (χ0n) is 11.2. The van der Waals surface area contributed by atoms with Gasteiger partial charge in [0.2, 0.25) is 5.91 Å². The van der Waals surface area contributed by atoms with Crippen molar-refractivity contribution < 1.29 is 9.59 Å². The summed E-state index contributed by atoms with van der Waals surface area (Å²) in [5.74, 6) is -0.181. The van der Waals surface area contributed by atoms with Crippen LogP contribution in [0.5, 0.6) is 0 Å². The molecule has 0 aliphatic heterocycles. The lowest BCUT2D eigenvalue weighted by atomic mass is 10.1. The molecule has 0 unspecified atom stereocenters. The molecule has 5 nitrogen and oxygen atoms in total. The second-order valence-electron chi connectivity index (χ2n) is 4.81. The largest absolute Gasteiger partial charge is 0.355 e. The topological polar surface area (TPSA) is 70.2 Å². The molecule has 1 saturated carbocycles. The van der Waals surface area contributed by atoms with Crippen LogP contribution in [0.15, 0.2) is 18.2 Å². The molecule has 0 spiro atoms. The van der Waals surface area contributed by atoms with E-state index in [9.17, 15) is 9.59 Å². The summed E-state index contributed by atoms with van der Waals surface area (Å²) in [6, 6.07) is 5.75. The van der Waals surface area contributed by atoms with Crippen LogP contribution in [0.3, 0.4) is 0 Å². The first-order valence-corrected chi connectivity index (χ1v) is 6.46. The highest BCUT2D eigenvalue weighted by Crippen LogP contribution is 2.19. The first-order chi connectivity index (χ1) is 9.10. The maximum atomic E-state index is 11.7. The van der Waals surface area contributed by atoms with Gasteiger partial charge in [0, 0.05) is 24.3 Å². The van der Waals surface area contributed by atoms with Gasteiger partial charge in [-0.3, -0.25) is 9.59 Å². The molecule has 19 heavy (non-hydrogen) atoms. The predicted molar refractivity (Wildman–Crippen MR) is 74.2 cm³/mol. The van der Waals surface area contributed by atoms with Crippen molar-refractivity contribution in [1.29, 1.82) is 0 Å². The molecule has 5 heteroatoms. The van der Waals surface area contributed by atoms with Crippen LogP contribution in [-0.4, -0.2) is 31.4 Å². The Bertz CT molecular complexity index is 495. The standard InChI is InChI=1S/C14H19N3O2/c1-9-7-10(14(19)15-2)3-6-12(9)17-13(18)8-16-11-4-5-11/h3,6-7,11,16H,4-5,8H2,1-2H3,(H,15,19)(H,17,18). The maximum absolute atomic E-state index is 11.7. The van der Waals surface area contributed by atoms with Gasteiger partial charge in [0.25, 0.3) is 5.91 Å². The minimum absolute atomic E-state index is 0.0531. The molecule has 3 N–H and O–H groups in total. The molecule has 0 atom stereocenters. The monoisotopic (exact) mass is 261 g/mol. The van der Waals surface area contributed by atoms with Crippen LogP contribution in [0.2, 0.25) is 0 Å². The number of carbonyl (C=O) groups excluding carboxylic acids is 2. The van der Waals surface area contributed by atoms with Crippen LogP contribution in [-0.2, 0) is 4.79 Å². The second kappa shape index (κ2) is 5.84. The fourth-order valence-electron chi connectivity index (χ4n) is 1.81. The quantitative estimate of drug-likeness (QED) is 0.742. The second-order valence-corrected chi connectivity index (χ2v) is 4.81. The Hall–Kier alpha value is -1.88. The summed E-state index contributed by atoms with van der Waals surface area (Å²) >= 11 is 0. The average Bonchev–Trinajstić information content (AvgIpc) is 3.22. The maximum Gasteiger partial charge on any atom is 0.251 e. The van der Waals surface area contributed by atoms with Gasteiger partial charge in [-0.05, 0) is 43.5 Å². The Kier molecular flexibility index (Phi) is 4.16. The summed E-state index contributed by atoms with van der Waals surface area (Å²) in [4.78, 5) is 23.2. The minimum Gasteiger partial charge on any atom is -0.355 e. The molecular formula is C14H19N3O2. The van der Waals surface area contributed by atoms with Crippen molar-refractivity contribution in [3.05, 3.63) is 29.3 Å². The number of carbonyl (C=O) groups is 2. The van der Waals surface area contributed by atoms with E-state index in [1.807, 2.05) is 6.92 Å². The zero-order chi connectivity index (χ0) is 13.8. The van der Waals surface area contributed by atoms with Crippen LogP contribution >= 0.6 is 0 Å². The molecule has 2 rings (SSSR count). The summed E-state index contributed by atoms with van der Waals surface area (Å²) in [6.45, 7) is 2.21. The average molecular weight is 261 g/mol. The minimum atomic E-state index is -0.128. The Morgan fingerprint density at radius 2 is 2.05 bits per heavy atom. The van der Waals surface area contributed by atoms with Crippen molar-refractivity contribution in [1.82, 2.24) is 10.6 Å². The van der Waals surface area contributed by atoms with Crippen molar-refractivity contribution in [3.63, 3.8) is 0 Å². The highest BCUT2D eigenvalue weighted by molar-refractivity contribution is 5.96. The van der Waals surface area contributed by atoms with Crippen molar-refractivity contribution in [3.8, 4) is 0 Å². The van der Waals surface area contributed by atoms with E-state index in [1.54, 1.807) is 25.2 Å². The SMILES string of the molecule is CNC(=O)c1ccc(NC(=O)CNC2CC2)c(C)c1. The Morgan fingerprint density at radius 1 is 1.32 bits per heavy atom. The fraction of sp³-hybridized carbons (Fsp3) is 0.429. The third-order valence-electron chi connectivity index (χ3n) is 3.12. The summed E-state index contributed by atoms with van der Waals surface area (Å²) in [5.41, 5.74) is 2.21. The predicted octanol–water partition coefficient (Wildman–Crippen LogP) is 1.05. The number of hydrogen-bond acceptors (Lipinski definition) is 3. The van der Waals surface area contributed by atoms with Crippen molar-refractivity contribution in [2.45, 2.75) is 25.8 Å². The normalized spacial score (nSPS) is 14.0. The first kappa shape index (κ1) is 13.5. The molecule has 0 saturated heterocycles. The summed E-state index contributed by atoms with van der Waals surface area (Å²) in [5, 5.41) is 8.58. The van der Waals surface area contributed by atoms with Crippen molar-refractivity contribution >= 4 is 17.5 Å². The third kappa shape index (κ3) is 3.79. The van der Waals surface area contributed by atoms with Gasteiger partial charge in [-0.2, -0.15) is 0 Å². The molecule has 0 bridgehead atoms. The lowest BCUT2D eigenvalue weighted by Gasteiger charge is -2.10. The highest BCUT2D eigenvalue weighted by Gasteiger charge is 2.21. The molecule has 1 aliphatic rings. The van der Waals surface area contributed by atoms with Gasteiger partial charge in [-0.1, -0.05) is 0 Å². The van der Waals surface area contributed by atoms with E-state index in [4.69, 9.17) is 0 Å². The molecule has 1 fully saturated rings. The molecule has 2 amide bonds. The van der Waals surface area contributed by atoms with E-state index < -0.39 is 0 Å². The molecule has 0 aromatic heterocycles. The van der Waals surface area contributed by atoms with Crippen LogP contribution in [0.1, 0.15) is 28.8 Å². The van der Waals surface area contributed by atoms with Crippen LogP contribution in [0.25, 0.3) is 0 Å².